The average Bonchev–Trinajstić information content (AvgIpc) is 2.65. The molecular formula is C12H13NO5. The van der Waals surface area contributed by atoms with Crippen molar-refractivity contribution < 1.29 is 24.1 Å². The Kier molecular flexibility index (Phi) is 3.01. The van der Waals surface area contributed by atoms with Crippen LogP contribution in [0.2, 0.25) is 0 Å². The third-order valence-corrected chi connectivity index (χ3v) is 2.63. The molecule has 96 valence electrons. The standard InChI is InChI=1S/C12H13NO5/c1-16-7-3-6(4-8(5-7)17-2)11-9(14)10(15)12(13)18-11/h3-5,11,15H,13H2,1-2H3/t11-/m1/s1. The first-order valence-corrected chi connectivity index (χ1v) is 5.19. The summed E-state index contributed by atoms with van der Waals surface area (Å²) in [6.45, 7) is 0. The van der Waals surface area contributed by atoms with Crippen LogP contribution in [0.25, 0.3) is 0 Å². The number of ether oxygens (including phenoxy) is 3. The van der Waals surface area contributed by atoms with E-state index in [1.807, 2.05) is 0 Å². The van der Waals surface area contributed by atoms with Gasteiger partial charge in [0.1, 0.15) is 11.5 Å². The summed E-state index contributed by atoms with van der Waals surface area (Å²) in [5.74, 6) is -0.368. The van der Waals surface area contributed by atoms with Crippen LogP contribution < -0.4 is 15.2 Å². The monoisotopic (exact) mass is 251 g/mol. The van der Waals surface area contributed by atoms with Crippen LogP contribution in [0.3, 0.4) is 0 Å². The molecule has 0 saturated heterocycles. The minimum atomic E-state index is -0.964. The molecule has 0 aromatic heterocycles. The molecule has 0 radical (unpaired) electrons. The number of Topliss-reactive ketones (excluding diaryl/α,β-unsaturated/α-hetero) is 1. The Labute approximate surface area is 104 Å². The molecule has 6 heteroatoms. The number of nitrogens with two attached hydrogens (primary N) is 1. The van der Waals surface area contributed by atoms with Crippen LogP contribution in [0.5, 0.6) is 11.5 Å². The summed E-state index contributed by atoms with van der Waals surface area (Å²) in [5, 5.41) is 9.37. The molecular weight excluding hydrogens is 238 g/mol. The number of aliphatic hydroxyl groups excluding tert-OH is 1. The Morgan fingerprint density at radius 2 is 1.78 bits per heavy atom. The van der Waals surface area contributed by atoms with Gasteiger partial charge in [-0.3, -0.25) is 4.79 Å². The summed E-state index contributed by atoms with van der Waals surface area (Å²) >= 11 is 0. The van der Waals surface area contributed by atoms with Crippen LogP contribution in [0.4, 0.5) is 0 Å². The lowest BCUT2D eigenvalue weighted by molar-refractivity contribution is -0.123. The largest absolute Gasteiger partial charge is 0.501 e. The Morgan fingerprint density at radius 1 is 1.22 bits per heavy atom. The van der Waals surface area contributed by atoms with Gasteiger partial charge in [-0.25, -0.2) is 0 Å². The molecule has 0 unspecified atom stereocenters. The molecule has 1 aliphatic rings. The second-order valence-electron chi connectivity index (χ2n) is 3.72. The minimum absolute atomic E-state index is 0.271. The Bertz CT molecular complexity index is 501. The number of aliphatic hydroxyl groups is 1. The van der Waals surface area contributed by atoms with Gasteiger partial charge < -0.3 is 25.1 Å². The molecule has 2 rings (SSSR count). The van der Waals surface area contributed by atoms with Crippen LogP contribution >= 0.6 is 0 Å². The van der Waals surface area contributed by atoms with Crippen LogP contribution in [-0.2, 0) is 9.53 Å². The number of ketones is 1. The highest BCUT2D eigenvalue weighted by Crippen LogP contribution is 2.34. The summed E-state index contributed by atoms with van der Waals surface area (Å²) in [5.41, 5.74) is 5.86. The van der Waals surface area contributed by atoms with Crippen molar-refractivity contribution in [3.8, 4) is 11.5 Å². The van der Waals surface area contributed by atoms with E-state index in [-0.39, 0.29) is 5.88 Å². The molecule has 1 aromatic carbocycles. The van der Waals surface area contributed by atoms with E-state index in [0.717, 1.165) is 0 Å². The highest BCUT2D eigenvalue weighted by Gasteiger charge is 2.35. The Morgan fingerprint density at radius 3 is 2.17 bits per heavy atom. The molecule has 3 N–H and O–H groups in total. The van der Waals surface area contributed by atoms with Crippen molar-refractivity contribution in [3.63, 3.8) is 0 Å². The molecule has 1 atom stereocenters. The van der Waals surface area contributed by atoms with Gasteiger partial charge in [0, 0.05) is 11.6 Å². The summed E-state index contributed by atoms with van der Waals surface area (Å²) < 4.78 is 15.3. The normalized spacial score (nSPS) is 18.8. The second kappa shape index (κ2) is 4.48. The highest BCUT2D eigenvalue weighted by molar-refractivity contribution is 5.99. The molecule has 6 nitrogen and oxygen atoms in total. The summed E-state index contributed by atoms with van der Waals surface area (Å²) in [4.78, 5) is 11.7. The van der Waals surface area contributed by atoms with Crippen molar-refractivity contribution >= 4 is 5.78 Å². The third kappa shape index (κ3) is 1.92. The van der Waals surface area contributed by atoms with Crippen LogP contribution in [0.15, 0.2) is 29.8 Å². The van der Waals surface area contributed by atoms with Crippen molar-refractivity contribution in [3.05, 3.63) is 35.4 Å². The maximum absolute atomic E-state index is 11.7. The van der Waals surface area contributed by atoms with Gasteiger partial charge in [-0.15, -0.1) is 0 Å². The van der Waals surface area contributed by atoms with Gasteiger partial charge in [0.05, 0.1) is 14.2 Å². The Balaban J connectivity index is 2.38. The van der Waals surface area contributed by atoms with Gasteiger partial charge in [0.15, 0.2) is 6.10 Å². The minimum Gasteiger partial charge on any atom is -0.501 e. The number of hydrogen-bond donors (Lipinski definition) is 2. The van der Waals surface area contributed by atoms with E-state index in [4.69, 9.17) is 19.9 Å². The second-order valence-corrected chi connectivity index (χ2v) is 3.72. The first-order chi connectivity index (χ1) is 8.56. The van der Waals surface area contributed by atoms with Gasteiger partial charge in [-0.1, -0.05) is 0 Å². The lowest BCUT2D eigenvalue weighted by atomic mass is 10.1. The zero-order valence-corrected chi connectivity index (χ0v) is 9.97. The molecule has 1 aromatic rings. The SMILES string of the molecule is COc1cc(OC)cc([C@H]2OC(N)=C(O)C2=O)c1. The predicted molar refractivity (Wildman–Crippen MR) is 62.2 cm³/mol. The van der Waals surface area contributed by atoms with E-state index in [2.05, 4.69) is 0 Å². The van der Waals surface area contributed by atoms with Crippen LogP contribution in [0.1, 0.15) is 11.7 Å². The zero-order chi connectivity index (χ0) is 13.3. The molecule has 0 saturated carbocycles. The van der Waals surface area contributed by atoms with Crippen molar-refractivity contribution in [1.29, 1.82) is 0 Å². The lowest BCUT2D eigenvalue weighted by Gasteiger charge is -2.13. The number of benzene rings is 1. The van der Waals surface area contributed by atoms with E-state index >= 15 is 0 Å². The van der Waals surface area contributed by atoms with Crippen LogP contribution in [0, 0.1) is 0 Å². The van der Waals surface area contributed by atoms with Crippen LogP contribution in [-0.4, -0.2) is 25.1 Å². The van der Waals surface area contributed by atoms with E-state index in [1.165, 1.54) is 14.2 Å². The number of rotatable bonds is 3. The maximum atomic E-state index is 11.7. The topological polar surface area (TPSA) is 91.0 Å². The van der Waals surface area contributed by atoms with Crippen molar-refractivity contribution in [2.45, 2.75) is 6.10 Å². The molecule has 1 heterocycles. The first kappa shape index (κ1) is 12.1. The smallest absolute Gasteiger partial charge is 0.247 e. The number of carbonyl (C=O) groups is 1. The van der Waals surface area contributed by atoms with Gasteiger partial charge in [-0.2, -0.15) is 0 Å². The van der Waals surface area contributed by atoms with Gasteiger partial charge >= 0.3 is 0 Å². The van der Waals surface area contributed by atoms with Crippen molar-refractivity contribution in [1.82, 2.24) is 0 Å². The summed E-state index contributed by atoms with van der Waals surface area (Å²) in [7, 11) is 3.00. The highest BCUT2D eigenvalue weighted by atomic mass is 16.5. The first-order valence-electron chi connectivity index (χ1n) is 5.19. The summed E-state index contributed by atoms with van der Waals surface area (Å²) in [6.07, 6.45) is -0.964. The average molecular weight is 251 g/mol. The molecule has 0 aliphatic carbocycles. The molecule has 0 bridgehead atoms. The zero-order valence-electron chi connectivity index (χ0n) is 9.97. The van der Waals surface area contributed by atoms with E-state index in [1.54, 1.807) is 18.2 Å². The van der Waals surface area contributed by atoms with E-state index in [9.17, 15) is 9.90 Å². The fourth-order valence-electron chi connectivity index (χ4n) is 1.68. The quantitative estimate of drug-likeness (QED) is 0.833. The van der Waals surface area contributed by atoms with Gasteiger partial charge in [0.2, 0.25) is 17.4 Å². The third-order valence-electron chi connectivity index (χ3n) is 2.63. The fraction of sp³-hybridized carbons (Fsp3) is 0.250. The van der Waals surface area contributed by atoms with Gasteiger partial charge in [-0.05, 0) is 12.1 Å². The van der Waals surface area contributed by atoms with Crippen molar-refractivity contribution in [2.75, 3.05) is 14.2 Å². The predicted octanol–water partition coefficient (Wildman–Crippen LogP) is 1.03. The van der Waals surface area contributed by atoms with Gasteiger partial charge in [0.25, 0.3) is 0 Å². The summed E-state index contributed by atoms with van der Waals surface area (Å²) in [6, 6.07) is 4.91. The fourth-order valence-corrected chi connectivity index (χ4v) is 1.68. The number of methoxy groups -OCH3 is 2. The van der Waals surface area contributed by atoms with E-state index in [0.29, 0.717) is 17.1 Å². The number of carbonyl (C=O) groups excluding carboxylic acids is 1. The van der Waals surface area contributed by atoms with E-state index < -0.39 is 17.6 Å². The Hall–Kier alpha value is -2.37. The maximum Gasteiger partial charge on any atom is 0.247 e. The molecule has 0 spiro atoms. The molecule has 0 amide bonds. The van der Waals surface area contributed by atoms with Crippen molar-refractivity contribution in [2.24, 2.45) is 5.73 Å². The molecule has 18 heavy (non-hydrogen) atoms. The molecule has 1 aliphatic heterocycles. The lowest BCUT2D eigenvalue weighted by Crippen LogP contribution is -2.10. The number of hydrogen-bond acceptors (Lipinski definition) is 6. The molecule has 0 fully saturated rings.